The molecule has 0 aromatic carbocycles. The highest BCUT2D eigenvalue weighted by Crippen LogP contribution is 2.42. The van der Waals surface area contributed by atoms with Crippen LogP contribution in [0.15, 0.2) is 18.7 Å². The van der Waals surface area contributed by atoms with Crippen molar-refractivity contribution in [2.24, 2.45) is 0 Å². The zero-order chi connectivity index (χ0) is 8.04. The summed E-state index contributed by atoms with van der Waals surface area (Å²) in [5, 5.41) is 0. The number of H-pyrrole nitrogens is 1. The maximum atomic E-state index is 3.67. The molecule has 0 fully saturated rings. The quantitative estimate of drug-likeness (QED) is 0.364. The van der Waals surface area contributed by atoms with E-state index in [9.17, 15) is 0 Å². The Bertz CT molecular complexity index is 122. The molecular weight excluding hydrogens is 584 g/mol. The third-order valence-electron chi connectivity index (χ3n) is 0.406. The molecular formula is C4H4I4N2. The second kappa shape index (κ2) is 6.62. The second-order valence-corrected chi connectivity index (χ2v) is 20.0. The Balaban J connectivity index is 0.000000162. The lowest BCUT2D eigenvalue weighted by molar-refractivity contribution is 1.31. The van der Waals surface area contributed by atoms with Crippen LogP contribution in [0.5, 0.6) is 0 Å². The Kier molecular flexibility index (Phi) is 8.04. The maximum Gasteiger partial charge on any atom is 0.174 e. The van der Waals surface area contributed by atoms with E-state index in [1.54, 1.807) is 18.7 Å². The van der Waals surface area contributed by atoms with Crippen molar-refractivity contribution in [2.45, 2.75) is -2.56 Å². The molecule has 58 valence electrons. The van der Waals surface area contributed by atoms with Crippen LogP contribution in [-0.4, -0.2) is 7.41 Å². The van der Waals surface area contributed by atoms with E-state index in [-0.39, 0.29) is 0 Å². The molecule has 10 heavy (non-hydrogen) atoms. The highest BCUT2D eigenvalue weighted by atomic mass is 127. The summed E-state index contributed by atoms with van der Waals surface area (Å²) in [5.74, 6) is 0. The van der Waals surface area contributed by atoms with Crippen LogP contribution < -0.4 is 0 Å². The van der Waals surface area contributed by atoms with Gasteiger partial charge < -0.3 is 4.98 Å². The minimum atomic E-state index is 0.380. The van der Waals surface area contributed by atoms with E-state index in [0.717, 1.165) is 0 Å². The van der Waals surface area contributed by atoms with Crippen molar-refractivity contribution in [2.75, 3.05) is 0 Å². The van der Waals surface area contributed by atoms with Crippen molar-refractivity contribution in [3.05, 3.63) is 18.7 Å². The SMILES string of the molecule is IC(I)(I)I.c1c[nH]cn1. The fourth-order valence-electron chi connectivity index (χ4n) is 0.215. The van der Waals surface area contributed by atoms with Gasteiger partial charge in [0, 0.05) is 12.4 Å². The predicted molar refractivity (Wildman–Crippen MR) is 77.4 cm³/mol. The molecule has 0 aliphatic carbocycles. The molecule has 0 saturated carbocycles. The number of nitrogens with one attached hydrogen (secondary N) is 1. The van der Waals surface area contributed by atoms with E-state index in [0.29, 0.717) is -2.56 Å². The number of nitrogens with zero attached hydrogens (tertiary/aromatic N) is 1. The third kappa shape index (κ3) is 16.6. The first-order chi connectivity index (χ1) is 4.50. The van der Waals surface area contributed by atoms with Gasteiger partial charge in [0.05, 0.1) is 6.33 Å². The van der Waals surface area contributed by atoms with Crippen molar-refractivity contribution in [3.63, 3.8) is 0 Å². The first-order valence-corrected chi connectivity index (χ1v) is 6.50. The number of rotatable bonds is 0. The highest BCUT2D eigenvalue weighted by Gasteiger charge is 2.07. The average Bonchev–Trinajstić information content (AvgIpc) is 2.07. The van der Waals surface area contributed by atoms with E-state index < -0.39 is 0 Å². The molecule has 0 amide bonds. The smallest absolute Gasteiger partial charge is 0.174 e. The van der Waals surface area contributed by atoms with Gasteiger partial charge in [-0.3, -0.25) is 0 Å². The Morgan fingerprint density at radius 1 is 1.20 bits per heavy atom. The molecule has 0 spiro atoms. The molecule has 2 nitrogen and oxygen atoms in total. The standard InChI is InChI=1S/C3H4N2.CI4/c1-2-5-3-4-1;2-1(3,4)5/h1-3H,(H,4,5);. The van der Waals surface area contributed by atoms with Gasteiger partial charge >= 0.3 is 0 Å². The molecule has 1 aromatic rings. The van der Waals surface area contributed by atoms with Crippen molar-refractivity contribution >= 4 is 90.4 Å². The van der Waals surface area contributed by atoms with Crippen molar-refractivity contribution in [1.29, 1.82) is 0 Å². The normalized spacial score (nSPS) is 10.0. The maximum absolute atomic E-state index is 3.67. The zero-order valence-electron chi connectivity index (χ0n) is 4.69. The Morgan fingerprint density at radius 3 is 1.80 bits per heavy atom. The topological polar surface area (TPSA) is 28.7 Å². The number of halogens is 4. The van der Waals surface area contributed by atoms with E-state index >= 15 is 0 Å². The summed E-state index contributed by atoms with van der Waals surface area (Å²) in [6, 6.07) is 0. The molecule has 0 saturated heterocycles. The molecule has 1 heterocycles. The van der Waals surface area contributed by atoms with Crippen molar-refractivity contribution in [1.82, 2.24) is 9.97 Å². The number of aromatic amines is 1. The van der Waals surface area contributed by atoms with Gasteiger partial charge in [-0.1, -0.05) is 0 Å². The van der Waals surface area contributed by atoms with Crippen LogP contribution in [0.3, 0.4) is 0 Å². The van der Waals surface area contributed by atoms with E-state index in [1.807, 2.05) is 0 Å². The molecule has 1 N–H and O–H groups in total. The number of aromatic nitrogens is 2. The molecule has 0 bridgehead atoms. The molecule has 0 atom stereocenters. The lowest BCUT2D eigenvalue weighted by Crippen LogP contribution is -1.73. The summed E-state index contributed by atoms with van der Waals surface area (Å²) in [5.41, 5.74) is 0. The van der Waals surface area contributed by atoms with Crippen molar-refractivity contribution in [3.8, 4) is 0 Å². The minimum absolute atomic E-state index is 0.380. The summed E-state index contributed by atoms with van der Waals surface area (Å²) >= 11 is 9.35. The Morgan fingerprint density at radius 2 is 1.70 bits per heavy atom. The lowest BCUT2D eigenvalue weighted by Gasteiger charge is -1.94. The van der Waals surface area contributed by atoms with Gasteiger partial charge in [0.25, 0.3) is 0 Å². The van der Waals surface area contributed by atoms with E-state index in [1.165, 1.54) is 0 Å². The summed E-state index contributed by atoms with van der Waals surface area (Å²) in [4.78, 5) is 6.42. The highest BCUT2D eigenvalue weighted by molar-refractivity contribution is 14.4. The Hall–Kier alpha value is 2.13. The first-order valence-electron chi connectivity index (χ1n) is 2.18. The van der Waals surface area contributed by atoms with E-state index in [4.69, 9.17) is 0 Å². The average molecular weight is 588 g/mol. The lowest BCUT2D eigenvalue weighted by atomic mass is 11.0. The van der Waals surface area contributed by atoms with Crippen LogP contribution in [0.1, 0.15) is 0 Å². The zero-order valence-corrected chi connectivity index (χ0v) is 13.3. The second-order valence-electron chi connectivity index (χ2n) is 1.19. The Labute approximate surface area is 114 Å². The number of hydrogen-bond donors (Lipinski definition) is 1. The van der Waals surface area contributed by atoms with Gasteiger partial charge in [0.2, 0.25) is 0 Å². The van der Waals surface area contributed by atoms with Crippen LogP contribution in [0.2, 0.25) is 0 Å². The molecule has 0 aliphatic rings. The van der Waals surface area contributed by atoms with Gasteiger partial charge in [-0.25, -0.2) is 4.98 Å². The first kappa shape index (κ1) is 12.1. The minimum Gasteiger partial charge on any atom is -0.351 e. The van der Waals surface area contributed by atoms with Gasteiger partial charge in [0.15, 0.2) is -2.56 Å². The third-order valence-corrected chi connectivity index (χ3v) is 0.406. The molecule has 6 heteroatoms. The predicted octanol–water partition coefficient (Wildman–Crippen LogP) is 3.75. The van der Waals surface area contributed by atoms with Crippen molar-refractivity contribution < 1.29 is 0 Å². The number of alkyl halides is 4. The molecule has 1 aromatic heterocycles. The van der Waals surface area contributed by atoms with Gasteiger partial charge in [-0.15, -0.1) is 0 Å². The number of imidazole rings is 1. The van der Waals surface area contributed by atoms with Crippen LogP contribution in [0, 0.1) is 0 Å². The van der Waals surface area contributed by atoms with Crippen LogP contribution in [0.4, 0.5) is 0 Å². The van der Waals surface area contributed by atoms with Crippen LogP contribution >= 0.6 is 90.4 Å². The summed E-state index contributed by atoms with van der Waals surface area (Å²) in [6.07, 6.45) is 5.08. The molecule has 0 aliphatic heterocycles. The van der Waals surface area contributed by atoms with E-state index in [2.05, 4.69) is 100 Å². The van der Waals surface area contributed by atoms with Gasteiger partial charge in [-0.2, -0.15) is 0 Å². The fraction of sp³-hybridized carbons (Fsp3) is 0.250. The summed E-state index contributed by atoms with van der Waals surface area (Å²) in [7, 11) is 0. The summed E-state index contributed by atoms with van der Waals surface area (Å²) < 4.78 is 0.380. The largest absolute Gasteiger partial charge is 0.351 e. The van der Waals surface area contributed by atoms with Gasteiger partial charge in [0.1, 0.15) is 0 Å². The molecule has 1 rings (SSSR count). The van der Waals surface area contributed by atoms with Crippen LogP contribution in [-0.2, 0) is 0 Å². The monoisotopic (exact) mass is 588 g/mol. The number of hydrogen-bond acceptors (Lipinski definition) is 1. The van der Waals surface area contributed by atoms with Gasteiger partial charge in [-0.05, 0) is 90.4 Å². The molecule has 0 radical (unpaired) electrons. The summed E-state index contributed by atoms with van der Waals surface area (Å²) in [6.45, 7) is 0. The van der Waals surface area contributed by atoms with Crippen LogP contribution in [0.25, 0.3) is 0 Å². The molecule has 0 unspecified atom stereocenters. The fourth-order valence-corrected chi connectivity index (χ4v) is 0.215.